The Hall–Kier alpha value is -7.28. The van der Waals surface area contributed by atoms with Gasteiger partial charge in [0, 0.05) is 37.3 Å². The molecule has 0 fully saturated rings. The van der Waals surface area contributed by atoms with Gasteiger partial charge in [0.15, 0.2) is 0 Å². The van der Waals surface area contributed by atoms with Crippen LogP contribution in [0.1, 0.15) is 33.4 Å². The zero-order valence-electron chi connectivity index (χ0n) is 45.1. The Balaban J connectivity index is -0.000000130. The summed E-state index contributed by atoms with van der Waals surface area (Å²) in [5, 5.41) is 70.5. The number of aliphatic imine (C=N–C) groups is 6. The van der Waals surface area contributed by atoms with Gasteiger partial charge in [0.2, 0.25) is 0 Å². The van der Waals surface area contributed by atoms with E-state index in [0.29, 0.717) is 72.6 Å². The maximum atomic E-state index is 11.9. The van der Waals surface area contributed by atoms with Crippen molar-refractivity contribution in [1.82, 2.24) is 0 Å². The number of ether oxygens (including phenoxy) is 4. The molecule has 0 aliphatic carbocycles. The van der Waals surface area contributed by atoms with Crippen molar-refractivity contribution in [2.75, 3.05) is 67.7 Å². The number of para-hydroxylation sites is 6. The molecule has 1 radical (unpaired) electrons. The number of hydrogen-bond acceptors (Lipinski definition) is 22. The Bertz CT molecular complexity index is 2520. The van der Waals surface area contributed by atoms with Crippen molar-refractivity contribution in [2.24, 2.45) is 30.0 Å². The summed E-state index contributed by atoms with van der Waals surface area (Å²) in [4.78, 5) is 25.0. The predicted molar refractivity (Wildman–Crippen MR) is 282 cm³/mol. The molecule has 28 nitrogen and oxygen atoms in total. The zero-order chi connectivity index (χ0) is 53.4. The minimum atomic E-state index is -4.94. The molecular formula is C52H64ClCrMn2N6O22. The number of methoxy groups -OCH3 is 4. The number of hydrogen-bond donors (Lipinski definition) is 0. The van der Waals surface area contributed by atoms with Crippen LogP contribution in [0.5, 0.6) is 57.5 Å². The van der Waals surface area contributed by atoms with E-state index in [-0.39, 0.29) is 153 Å². The van der Waals surface area contributed by atoms with Crippen LogP contribution in [0.3, 0.4) is 0 Å². The molecule has 0 heterocycles. The zero-order valence-corrected chi connectivity index (χ0v) is 49.5. The van der Waals surface area contributed by atoms with E-state index in [1.54, 1.807) is 122 Å². The Morgan fingerprint density at radius 1 is 0.321 bits per heavy atom. The summed E-state index contributed by atoms with van der Waals surface area (Å²) >= 11 is 0. The third kappa shape index (κ3) is 36.3. The third-order valence-corrected chi connectivity index (χ3v) is 9.21. The van der Waals surface area contributed by atoms with Crippen LogP contribution in [0.2, 0.25) is 0 Å². The SMILES string of the molecule is COc1cccc(C=NCCN=Cc2cccc(OC)c2[O-])c1[O-].COc1cccc(C=NCCN=Cc2cccc(OC)c2[O-])c1[O-].O.O.O.O.O.O.[Cr+3].[Mn+3].[Mn+3].[O-][Cl+3]([O-])([O-])[O-].[O-]c1ccccc1C=NCCN=Cc1ccccc1[O-].[OH-].[OH-]. The molecule has 32 heteroatoms. The minimum absolute atomic E-state index is 0. The summed E-state index contributed by atoms with van der Waals surface area (Å²) in [6, 6.07) is 33.5. The van der Waals surface area contributed by atoms with Crippen molar-refractivity contribution in [3.8, 4) is 57.5 Å². The first-order valence-electron chi connectivity index (χ1n) is 21.6. The van der Waals surface area contributed by atoms with E-state index >= 15 is 0 Å². The van der Waals surface area contributed by atoms with Crippen molar-refractivity contribution in [2.45, 2.75) is 0 Å². The average molecular weight is 1320 g/mol. The molecule has 6 aromatic carbocycles. The Morgan fingerprint density at radius 3 is 0.667 bits per heavy atom. The van der Waals surface area contributed by atoms with Gasteiger partial charge in [0.05, 0.1) is 67.7 Å². The third-order valence-electron chi connectivity index (χ3n) is 9.21. The van der Waals surface area contributed by atoms with Crippen molar-refractivity contribution >= 4 is 37.3 Å². The maximum absolute atomic E-state index is 11.9. The largest absolute Gasteiger partial charge is 3.00 e. The van der Waals surface area contributed by atoms with E-state index in [9.17, 15) is 30.6 Å². The van der Waals surface area contributed by atoms with Crippen molar-refractivity contribution in [1.29, 1.82) is 0 Å². The first-order chi connectivity index (χ1) is 35.1. The fraction of sp³-hybridized carbons (Fsp3) is 0.192. The van der Waals surface area contributed by atoms with E-state index < -0.39 is 10.2 Å². The van der Waals surface area contributed by atoms with Crippen LogP contribution < -0.4 is 68.2 Å². The fourth-order valence-electron chi connectivity index (χ4n) is 5.68. The first kappa shape index (κ1) is 95.9. The molecule has 0 aromatic heterocycles. The van der Waals surface area contributed by atoms with Gasteiger partial charge in [-0.25, -0.2) is 18.6 Å². The molecule has 0 spiro atoms. The van der Waals surface area contributed by atoms with Crippen LogP contribution in [0.4, 0.5) is 0 Å². The van der Waals surface area contributed by atoms with Crippen molar-refractivity contribution < 1.29 is 174 Å². The van der Waals surface area contributed by atoms with Crippen LogP contribution in [0.15, 0.2) is 151 Å². The monoisotopic (exact) mass is 1320 g/mol. The molecule has 0 atom stereocenters. The summed E-state index contributed by atoms with van der Waals surface area (Å²) in [5.41, 5.74) is 3.00. The quantitative estimate of drug-likeness (QED) is 0.0414. The first-order valence-corrected chi connectivity index (χ1v) is 22.8. The second-order valence-electron chi connectivity index (χ2n) is 14.2. The molecule has 14 N–H and O–H groups in total. The smallest absolute Gasteiger partial charge is 0.872 e. The van der Waals surface area contributed by atoms with E-state index in [2.05, 4.69) is 30.0 Å². The second kappa shape index (κ2) is 53.7. The summed E-state index contributed by atoms with van der Waals surface area (Å²) in [6.07, 6.45) is 9.13. The molecule has 0 aliphatic rings. The maximum Gasteiger partial charge on any atom is 3.00 e. The topological polar surface area (TPSA) is 591 Å². The molecule has 0 saturated heterocycles. The van der Waals surface area contributed by atoms with E-state index in [1.165, 1.54) is 65.4 Å². The molecule has 84 heavy (non-hydrogen) atoms. The van der Waals surface area contributed by atoms with Crippen molar-refractivity contribution in [3.05, 3.63) is 155 Å². The van der Waals surface area contributed by atoms with Crippen molar-refractivity contribution in [3.63, 3.8) is 0 Å². The van der Waals surface area contributed by atoms with Crippen LogP contribution in [-0.4, -0.2) is 149 Å². The standard InChI is InChI=1S/2C18H20N2O4.C16H16N2O2.ClHO4.Cr.2Mn.8H2O/c2*1-23-15-7-3-5-13(17(15)21)11-19-9-10-20-12-14-6-4-8-16(24-2)18(14)22;19-15-7-3-1-5-13(15)11-17-9-10-18-12-14-6-2-4-8-16(14)20;2-1(3,4)5;;;;;;;;;;;/h2*3-8,11-12,21-22H,9-10H2,1-2H3;1-8,11-12,19-20H,9-10H2;(H,2,3,4,5);;;;8*1H2/q;;;;3*+3;;;;;;;;/p-9. The van der Waals surface area contributed by atoms with Gasteiger partial charge in [-0.1, -0.05) is 120 Å². The summed E-state index contributed by atoms with van der Waals surface area (Å²) in [6.45, 7) is 2.59. The molecule has 0 amide bonds. The predicted octanol–water partition coefficient (Wildman–Crippen LogP) is -5.92. The molecular weight excluding hydrogens is 1260 g/mol. The normalized spacial score (nSPS) is 9.86. The molecule has 0 saturated carbocycles. The van der Waals surface area contributed by atoms with Gasteiger partial charge in [-0.3, -0.25) is 30.0 Å². The number of halogens is 1. The second-order valence-corrected chi connectivity index (χ2v) is 14.9. The molecule has 0 bridgehead atoms. The van der Waals surface area contributed by atoms with Gasteiger partial charge in [0.1, 0.15) is 23.0 Å². The van der Waals surface area contributed by atoms with E-state index in [4.69, 9.17) is 37.6 Å². The van der Waals surface area contributed by atoms with Crippen LogP contribution in [0, 0.1) is 10.2 Å². The van der Waals surface area contributed by atoms with Gasteiger partial charge in [0.25, 0.3) is 0 Å². The van der Waals surface area contributed by atoms with Gasteiger partial charge in [-0.05, 0) is 57.6 Å². The number of nitrogens with zero attached hydrogens (tertiary/aromatic N) is 6. The van der Waals surface area contributed by atoms with E-state index in [1.807, 2.05) is 0 Å². The van der Waals surface area contributed by atoms with E-state index in [0.717, 1.165) is 0 Å². The summed E-state index contributed by atoms with van der Waals surface area (Å²) in [7, 11) is 0.870. The molecule has 6 rings (SSSR count). The van der Waals surface area contributed by atoms with Crippen LogP contribution in [0.25, 0.3) is 0 Å². The molecule has 0 aliphatic heterocycles. The van der Waals surface area contributed by atoms with Gasteiger partial charge < -0.3 is 93.4 Å². The minimum Gasteiger partial charge on any atom is -0.872 e. The number of rotatable bonds is 19. The average Bonchev–Trinajstić information content (AvgIpc) is 3.37. The number of benzene rings is 6. The Labute approximate surface area is 518 Å². The van der Waals surface area contributed by atoms with Crippen LogP contribution in [-0.2, 0) is 51.5 Å². The van der Waals surface area contributed by atoms with Gasteiger partial charge in [-0.15, -0.1) is 21.7 Å². The summed E-state index contributed by atoms with van der Waals surface area (Å²) < 4.78 is 53.9. The molecule has 6 aromatic rings. The van der Waals surface area contributed by atoms with Crippen LogP contribution >= 0.6 is 0 Å². The Kier molecular flexibility index (Phi) is 61.3. The molecule has 461 valence electrons. The van der Waals surface area contributed by atoms with Gasteiger partial charge in [-0.2, -0.15) is 0 Å². The van der Waals surface area contributed by atoms with Gasteiger partial charge >= 0.3 is 51.5 Å². The fourth-order valence-corrected chi connectivity index (χ4v) is 5.68. The molecule has 0 unspecified atom stereocenters. The Morgan fingerprint density at radius 2 is 0.488 bits per heavy atom. The summed E-state index contributed by atoms with van der Waals surface area (Å²) in [5.74, 6) is 0.297.